The van der Waals surface area contributed by atoms with Crippen LogP contribution in [-0.2, 0) is 4.79 Å². The molecule has 1 aliphatic rings. The summed E-state index contributed by atoms with van der Waals surface area (Å²) in [5.41, 5.74) is 0.903. The molecule has 0 saturated carbocycles. The highest BCUT2D eigenvalue weighted by Crippen LogP contribution is 2.29. The highest BCUT2D eigenvalue weighted by atomic mass is 79.9. The minimum Gasteiger partial charge on any atom is -0.312 e. The monoisotopic (exact) mass is 301 g/mol. The van der Waals surface area contributed by atoms with Gasteiger partial charge in [0, 0.05) is 23.1 Å². The molecule has 1 aliphatic heterocycles. The maximum absolute atomic E-state index is 11.9. The fraction of sp³-hybridized carbons (Fsp3) is 0.417. The number of anilines is 1. The summed E-state index contributed by atoms with van der Waals surface area (Å²) in [6.45, 7) is 0.802. The second kappa shape index (κ2) is 5.19. The van der Waals surface area contributed by atoms with Crippen LogP contribution in [0, 0.1) is 0 Å². The third-order valence-electron chi connectivity index (χ3n) is 2.79. The van der Waals surface area contributed by atoms with Crippen LogP contribution < -0.4 is 4.90 Å². The van der Waals surface area contributed by atoms with Crippen LogP contribution in [0.3, 0.4) is 0 Å². The predicted octanol–water partition coefficient (Wildman–Crippen LogP) is 4.01. The van der Waals surface area contributed by atoms with Crippen molar-refractivity contribution in [3.05, 3.63) is 27.7 Å². The van der Waals surface area contributed by atoms with E-state index in [-0.39, 0.29) is 5.91 Å². The van der Waals surface area contributed by atoms with Gasteiger partial charge in [-0.05, 0) is 47.0 Å². The summed E-state index contributed by atoms with van der Waals surface area (Å²) in [4.78, 5) is 13.7. The number of nitrogens with zero attached hydrogens (tertiary/aromatic N) is 1. The van der Waals surface area contributed by atoms with E-state index in [1.165, 1.54) is 0 Å². The Morgan fingerprint density at radius 1 is 1.25 bits per heavy atom. The maximum Gasteiger partial charge on any atom is 0.226 e. The minimum absolute atomic E-state index is 0.205. The van der Waals surface area contributed by atoms with Gasteiger partial charge in [-0.3, -0.25) is 4.79 Å². The SMILES string of the molecule is O=C1CCCCCN1c1ccc(Br)c(Cl)c1. The van der Waals surface area contributed by atoms with E-state index in [1.54, 1.807) is 0 Å². The van der Waals surface area contributed by atoms with Crippen LogP contribution in [0.1, 0.15) is 25.7 Å². The topological polar surface area (TPSA) is 20.3 Å². The molecule has 0 atom stereocenters. The van der Waals surface area contributed by atoms with Crippen molar-refractivity contribution in [2.24, 2.45) is 0 Å². The van der Waals surface area contributed by atoms with Crippen molar-refractivity contribution in [3.63, 3.8) is 0 Å². The van der Waals surface area contributed by atoms with Gasteiger partial charge in [-0.15, -0.1) is 0 Å². The Balaban J connectivity index is 2.27. The summed E-state index contributed by atoms with van der Waals surface area (Å²) >= 11 is 9.39. The molecule has 0 aromatic heterocycles. The maximum atomic E-state index is 11.9. The van der Waals surface area contributed by atoms with Crippen molar-refractivity contribution < 1.29 is 4.79 Å². The molecule has 16 heavy (non-hydrogen) atoms. The molecule has 1 aromatic carbocycles. The Kier molecular flexibility index (Phi) is 3.87. The third-order valence-corrected chi connectivity index (χ3v) is 4.02. The van der Waals surface area contributed by atoms with Crippen molar-refractivity contribution in [2.75, 3.05) is 11.4 Å². The molecule has 0 N–H and O–H groups in total. The molecule has 86 valence electrons. The Hall–Kier alpha value is -0.540. The lowest BCUT2D eigenvalue weighted by Gasteiger charge is -2.21. The molecule has 0 aliphatic carbocycles. The molecular weight excluding hydrogens is 289 g/mol. The van der Waals surface area contributed by atoms with Gasteiger partial charge in [-0.2, -0.15) is 0 Å². The van der Waals surface area contributed by atoms with Crippen molar-refractivity contribution in [3.8, 4) is 0 Å². The van der Waals surface area contributed by atoms with Crippen LogP contribution in [0.4, 0.5) is 5.69 Å². The summed E-state index contributed by atoms with van der Waals surface area (Å²) in [5, 5.41) is 0.648. The Morgan fingerprint density at radius 3 is 2.81 bits per heavy atom. The lowest BCUT2D eigenvalue weighted by atomic mass is 10.2. The van der Waals surface area contributed by atoms with Crippen LogP contribution in [-0.4, -0.2) is 12.5 Å². The zero-order valence-electron chi connectivity index (χ0n) is 8.88. The van der Waals surface area contributed by atoms with Gasteiger partial charge >= 0.3 is 0 Å². The first-order valence-electron chi connectivity index (χ1n) is 5.44. The van der Waals surface area contributed by atoms with Crippen LogP contribution in [0.2, 0.25) is 5.02 Å². The molecule has 0 spiro atoms. The summed E-state index contributed by atoms with van der Waals surface area (Å²) in [6.07, 6.45) is 3.85. The average molecular weight is 303 g/mol. The fourth-order valence-corrected chi connectivity index (χ4v) is 2.33. The standard InChI is InChI=1S/C12H13BrClNO/c13-10-6-5-9(8-11(10)14)15-7-3-1-2-4-12(15)16/h5-6,8H,1-4,7H2. The Morgan fingerprint density at radius 2 is 2.06 bits per heavy atom. The first-order valence-corrected chi connectivity index (χ1v) is 6.61. The molecule has 2 rings (SSSR count). The highest BCUT2D eigenvalue weighted by Gasteiger charge is 2.18. The molecular formula is C12H13BrClNO. The normalized spacial score (nSPS) is 17.4. The largest absolute Gasteiger partial charge is 0.312 e. The molecule has 2 nitrogen and oxygen atoms in total. The van der Waals surface area contributed by atoms with Crippen molar-refractivity contribution >= 4 is 39.1 Å². The summed E-state index contributed by atoms with van der Waals surface area (Å²) in [7, 11) is 0. The number of amides is 1. The summed E-state index contributed by atoms with van der Waals surface area (Å²) in [6, 6.07) is 5.66. The van der Waals surface area contributed by atoms with E-state index in [2.05, 4.69) is 15.9 Å². The Labute approximate surface area is 109 Å². The summed E-state index contributed by atoms with van der Waals surface area (Å²) in [5.74, 6) is 0.205. The van der Waals surface area contributed by atoms with Crippen molar-refractivity contribution in [2.45, 2.75) is 25.7 Å². The van der Waals surface area contributed by atoms with Crippen LogP contribution in [0.25, 0.3) is 0 Å². The number of hydrogen-bond donors (Lipinski definition) is 0. The first-order chi connectivity index (χ1) is 7.68. The molecule has 1 saturated heterocycles. The zero-order chi connectivity index (χ0) is 11.5. The van der Waals surface area contributed by atoms with E-state index in [1.807, 2.05) is 23.1 Å². The van der Waals surface area contributed by atoms with Crippen molar-refractivity contribution in [1.82, 2.24) is 0 Å². The first kappa shape index (κ1) is 11.9. The van der Waals surface area contributed by atoms with E-state index in [0.717, 1.165) is 36.0 Å². The van der Waals surface area contributed by atoms with E-state index in [9.17, 15) is 4.79 Å². The summed E-state index contributed by atoms with van der Waals surface area (Å²) < 4.78 is 0.861. The van der Waals surface area contributed by atoms with Gasteiger partial charge in [-0.1, -0.05) is 18.0 Å². The quantitative estimate of drug-likeness (QED) is 0.767. The van der Waals surface area contributed by atoms with Gasteiger partial charge in [0.1, 0.15) is 0 Å². The molecule has 0 bridgehead atoms. The number of carbonyl (C=O) groups excluding carboxylic acids is 1. The lowest BCUT2D eigenvalue weighted by molar-refractivity contribution is -0.118. The smallest absolute Gasteiger partial charge is 0.226 e. The van der Waals surface area contributed by atoms with Crippen LogP contribution in [0.15, 0.2) is 22.7 Å². The van der Waals surface area contributed by atoms with E-state index < -0.39 is 0 Å². The molecule has 1 aromatic rings. The van der Waals surface area contributed by atoms with Gasteiger partial charge in [0.15, 0.2) is 0 Å². The molecule has 4 heteroatoms. The van der Waals surface area contributed by atoms with Gasteiger partial charge in [0.05, 0.1) is 5.02 Å². The van der Waals surface area contributed by atoms with Crippen LogP contribution in [0.5, 0.6) is 0 Å². The van der Waals surface area contributed by atoms with Crippen molar-refractivity contribution in [1.29, 1.82) is 0 Å². The fourth-order valence-electron chi connectivity index (χ4n) is 1.91. The highest BCUT2D eigenvalue weighted by molar-refractivity contribution is 9.10. The number of rotatable bonds is 1. The molecule has 1 amide bonds. The van der Waals surface area contributed by atoms with E-state index in [4.69, 9.17) is 11.6 Å². The Bertz CT molecular complexity index is 408. The predicted molar refractivity (Wildman–Crippen MR) is 70.0 cm³/mol. The molecule has 1 heterocycles. The molecule has 0 radical (unpaired) electrons. The van der Waals surface area contributed by atoms with Gasteiger partial charge in [0.2, 0.25) is 5.91 Å². The van der Waals surface area contributed by atoms with E-state index in [0.29, 0.717) is 11.4 Å². The number of carbonyl (C=O) groups is 1. The average Bonchev–Trinajstić information content (AvgIpc) is 2.47. The lowest BCUT2D eigenvalue weighted by Crippen LogP contribution is -2.29. The van der Waals surface area contributed by atoms with Gasteiger partial charge in [0.25, 0.3) is 0 Å². The number of halogens is 2. The van der Waals surface area contributed by atoms with E-state index >= 15 is 0 Å². The minimum atomic E-state index is 0.205. The second-order valence-corrected chi connectivity index (χ2v) is 5.22. The van der Waals surface area contributed by atoms with Crippen LogP contribution >= 0.6 is 27.5 Å². The van der Waals surface area contributed by atoms with Gasteiger partial charge in [-0.25, -0.2) is 0 Å². The zero-order valence-corrected chi connectivity index (χ0v) is 11.2. The second-order valence-electron chi connectivity index (χ2n) is 3.95. The molecule has 1 fully saturated rings. The van der Waals surface area contributed by atoms with Gasteiger partial charge < -0.3 is 4.90 Å². The number of benzene rings is 1. The molecule has 0 unspecified atom stereocenters. The third kappa shape index (κ3) is 2.58. The number of hydrogen-bond acceptors (Lipinski definition) is 1.